The van der Waals surface area contributed by atoms with Crippen LogP contribution < -0.4 is 0 Å². The molecule has 1 aromatic heterocycles. The average molecular weight is 216 g/mol. The second kappa shape index (κ2) is 3.70. The molecule has 0 fully saturated rings. The first kappa shape index (κ1) is 10.6. The lowest BCUT2D eigenvalue weighted by atomic mass is 10.4. The van der Waals surface area contributed by atoms with Crippen molar-refractivity contribution < 1.29 is 18.3 Å². The fraction of sp³-hybridized carbons (Fsp3) is 0.286. The number of carboxylic acid groups (broad SMARTS) is 1. The maximum atomic E-state index is 10.9. The number of aromatic carboxylic acids is 1. The first-order valence-electron chi connectivity index (χ1n) is 3.61. The lowest BCUT2D eigenvalue weighted by Crippen LogP contribution is -2.09. The van der Waals surface area contributed by atoms with Crippen molar-refractivity contribution in [1.82, 2.24) is 9.97 Å². The Kier molecular flexibility index (Phi) is 2.80. The quantitative estimate of drug-likeness (QED) is 0.746. The van der Waals surface area contributed by atoms with Gasteiger partial charge < -0.3 is 5.11 Å². The van der Waals surface area contributed by atoms with Crippen molar-refractivity contribution in [2.75, 3.05) is 6.26 Å². The summed E-state index contributed by atoms with van der Waals surface area (Å²) in [6, 6.07) is 1.20. The third-order valence-corrected chi connectivity index (χ3v) is 2.10. The molecule has 0 radical (unpaired) electrons. The van der Waals surface area contributed by atoms with Gasteiger partial charge in [-0.3, -0.25) is 0 Å². The Hall–Kier alpha value is -1.50. The largest absolute Gasteiger partial charge is 0.477 e. The number of carboxylic acids is 1. The monoisotopic (exact) mass is 216 g/mol. The van der Waals surface area contributed by atoms with Crippen LogP contribution in [-0.2, 0) is 15.6 Å². The van der Waals surface area contributed by atoms with Crippen LogP contribution in [0.4, 0.5) is 0 Å². The van der Waals surface area contributed by atoms with Crippen LogP contribution in [0, 0.1) is 0 Å². The molecule has 0 bridgehead atoms. The van der Waals surface area contributed by atoms with E-state index in [0.717, 1.165) is 6.26 Å². The minimum atomic E-state index is -3.24. The summed E-state index contributed by atoms with van der Waals surface area (Å²) in [5.41, 5.74) is -0.210. The smallest absolute Gasteiger partial charge is 0.354 e. The molecule has 0 spiro atoms. The summed E-state index contributed by atoms with van der Waals surface area (Å²) < 4.78 is 21.7. The van der Waals surface area contributed by atoms with E-state index in [2.05, 4.69) is 9.97 Å². The first-order chi connectivity index (χ1) is 6.38. The van der Waals surface area contributed by atoms with Gasteiger partial charge in [0.1, 0.15) is 11.6 Å². The lowest BCUT2D eigenvalue weighted by molar-refractivity contribution is 0.0690. The van der Waals surface area contributed by atoms with Crippen molar-refractivity contribution in [3.05, 3.63) is 23.8 Å². The molecule has 0 atom stereocenters. The average Bonchev–Trinajstić information content (AvgIpc) is 2.01. The molecule has 0 unspecified atom stereocenters. The van der Waals surface area contributed by atoms with Crippen molar-refractivity contribution >= 4 is 15.8 Å². The van der Waals surface area contributed by atoms with Gasteiger partial charge in [-0.2, -0.15) is 0 Å². The number of carbonyl (C=O) groups is 1. The number of rotatable bonds is 3. The predicted molar refractivity (Wildman–Crippen MR) is 47.5 cm³/mol. The molecule has 76 valence electrons. The molecule has 1 N–H and O–H groups in total. The molecule has 0 aromatic carbocycles. The molecule has 7 heteroatoms. The van der Waals surface area contributed by atoms with Crippen molar-refractivity contribution in [2.45, 2.75) is 5.75 Å². The van der Waals surface area contributed by atoms with Crippen LogP contribution in [-0.4, -0.2) is 35.7 Å². The molecule has 0 saturated carbocycles. The Morgan fingerprint density at radius 2 is 2.21 bits per heavy atom. The van der Waals surface area contributed by atoms with Gasteiger partial charge in [-0.1, -0.05) is 0 Å². The molecular weight excluding hydrogens is 208 g/mol. The van der Waals surface area contributed by atoms with Crippen LogP contribution in [0.1, 0.15) is 16.3 Å². The maximum absolute atomic E-state index is 10.9. The van der Waals surface area contributed by atoms with Gasteiger partial charge >= 0.3 is 5.97 Å². The van der Waals surface area contributed by atoms with Gasteiger partial charge in [0.2, 0.25) is 0 Å². The fourth-order valence-corrected chi connectivity index (χ4v) is 1.43. The first-order valence-corrected chi connectivity index (χ1v) is 5.67. The molecular formula is C7H8N2O4S. The van der Waals surface area contributed by atoms with Crippen LogP contribution in [0.3, 0.4) is 0 Å². The molecule has 1 rings (SSSR count). The highest BCUT2D eigenvalue weighted by molar-refractivity contribution is 7.89. The number of hydrogen-bond donors (Lipinski definition) is 1. The molecule has 1 aromatic rings. The van der Waals surface area contributed by atoms with Crippen molar-refractivity contribution in [3.63, 3.8) is 0 Å². The third kappa shape index (κ3) is 3.09. The van der Waals surface area contributed by atoms with E-state index in [9.17, 15) is 13.2 Å². The molecule has 0 aliphatic carbocycles. The third-order valence-electron chi connectivity index (χ3n) is 1.32. The van der Waals surface area contributed by atoms with Gasteiger partial charge in [0.05, 0.1) is 0 Å². The Balaban J connectivity index is 3.01. The zero-order valence-electron chi connectivity index (χ0n) is 7.34. The minimum Gasteiger partial charge on any atom is -0.477 e. The summed E-state index contributed by atoms with van der Waals surface area (Å²) in [6.07, 6.45) is 2.25. The Morgan fingerprint density at radius 1 is 1.57 bits per heavy atom. The van der Waals surface area contributed by atoms with Crippen LogP contribution >= 0.6 is 0 Å². The van der Waals surface area contributed by atoms with Crippen LogP contribution in [0.2, 0.25) is 0 Å². The number of hydrogen-bond acceptors (Lipinski definition) is 5. The highest BCUT2D eigenvalue weighted by Gasteiger charge is 2.10. The van der Waals surface area contributed by atoms with E-state index >= 15 is 0 Å². The summed E-state index contributed by atoms with van der Waals surface area (Å²) in [5, 5.41) is 8.57. The van der Waals surface area contributed by atoms with E-state index in [0.29, 0.717) is 0 Å². The van der Waals surface area contributed by atoms with Gasteiger partial charge in [-0.15, -0.1) is 0 Å². The highest BCUT2D eigenvalue weighted by atomic mass is 32.2. The second-order valence-electron chi connectivity index (χ2n) is 2.73. The van der Waals surface area contributed by atoms with E-state index < -0.39 is 15.8 Å². The van der Waals surface area contributed by atoms with Crippen LogP contribution in [0.5, 0.6) is 0 Å². The lowest BCUT2D eigenvalue weighted by Gasteiger charge is -1.98. The second-order valence-corrected chi connectivity index (χ2v) is 4.87. The van der Waals surface area contributed by atoms with Crippen LogP contribution in [0.25, 0.3) is 0 Å². The number of aromatic nitrogens is 2. The predicted octanol–water partition coefficient (Wildman–Crippen LogP) is -0.281. The van der Waals surface area contributed by atoms with Crippen molar-refractivity contribution in [2.24, 2.45) is 0 Å². The molecule has 0 aliphatic heterocycles. The topological polar surface area (TPSA) is 97.2 Å². The Morgan fingerprint density at radius 3 is 2.71 bits per heavy atom. The summed E-state index contributed by atoms with van der Waals surface area (Å²) in [7, 11) is -3.24. The van der Waals surface area contributed by atoms with E-state index in [1.807, 2.05) is 0 Å². The Bertz CT molecular complexity index is 455. The molecule has 0 amide bonds. The SMILES string of the molecule is CS(=O)(=O)Cc1nccc(C(=O)O)n1. The van der Waals surface area contributed by atoms with E-state index in [4.69, 9.17) is 5.11 Å². The summed E-state index contributed by atoms with van der Waals surface area (Å²) >= 11 is 0. The molecule has 6 nitrogen and oxygen atoms in total. The standard InChI is InChI=1S/C7H8N2O4S/c1-14(12,13)4-6-8-3-2-5(9-6)7(10)11/h2-3H,4H2,1H3,(H,10,11). The van der Waals surface area contributed by atoms with Crippen molar-refractivity contribution in [3.8, 4) is 0 Å². The molecule has 1 heterocycles. The highest BCUT2D eigenvalue weighted by Crippen LogP contribution is 2.00. The van der Waals surface area contributed by atoms with Crippen molar-refractivity contribution in [1.29, 1.82) is 0 Å². The molecule has 0 aliphatic rings. The minimum absolute atomic E-state index is 0.00704. The Labute approximate surface area is 80.5 Å². The van der Waals surface area contributed by atoms with Gasteiger partial charge in [-0.25, -0.2) is 23.2 Å². The van der Waals surface area contributed by atoms with E-state index in [1.54, 1.807) is 0 Å². The van der Waals surface area contributed by atoms with E-state index in [1.165, 1.54) is 12.3 Å². The maximum Gasteiger partial charge on any atom is 0.354 e. The normalized spacial score (nSPS) is 11.2. The van der Waals surface area contributed by atoms with Crippen LogP contribution in [0.15, 0.2) is 12.3 Å². The summed E-state index contributed by atoms with van der Waals surface area (Å²) in [5.74, 6) is -1.57. The van der Waals surface area contributed by atoms with Gasteiger partial charge in [0.15, 0.2) is 15.5 Å². The zero-order chi connectivity index (χ0) is 10.8. The van der Waals surface area contributed by atoms with Gasteiger partial charge in [0, 0.05) is 12.5 Å². The van der Waals surface area contributed by atoms with Gasteiger partial charge in [0.25, 0.3) is 0 Å². The zero-order valence-corrected chi connectivity index (χ0v) is 8.15. The summed E-state index contributed by atoms with van der Waals surface area (Å²) in [4.78, 5) is 17.7. The molecule has 0 saturated heterocycles. The number of sulfone groups is 1. The fourth-order valence-electron chi connectivity index (χ4n) is 0.822. The van der Waals surface area contributed by atoms with E-state index in [-0.39, 0.29) is 17.3 Å². The number of nitrogens with zero attached hydrogens (tertiary/aromatic N) is 2. The molecule has 14 heavy (non-hydrogen) atoms. The van der Waals surface area contributed by atoms with Gasteiger partial charge in [-0.05, 0) is 6.07 Å². The summed E-state index contributed by atoms with van der Waals surface area (Å²) in [6.45, 7) is 0.